The summed E-state index contributed by atoms with van der Waals surface area (Å²) in [5.74, 6) is 0.597. The van der Waals surface area contributed by atoms with Crippen LogP contribution in [-0.4, -0.2) is 11.8 Å². The average molecular weight is 428 g/mol. The normalized spacial score (nSPS) is 17.9. The summed E-state index contributed by atoms with van der Waals surface area (Å²) in [5.41, 5.74) is 5.70. The molecular weight excluding hydrogens is 402 g/mol. The first-order valence-corrected chi connectivity index (χ1v) is 10.9. The summed E-state index contributed by atoms with van der Waals surface area (Å²) < 4.78 is 5.78. The molecule has 1 aromatic heterocycles. The Labute approximate surface area is 186 Å². The molecule has 1 aliphatic carbocycles. The Balaban J connectivity index is 1.68. The molecular formula is C26H25N3O3. The number of para-hydroxylation sites is 2. The zero-order valence-corrected chi connectivity index (χ0v) is 18.1. The van der Waals surface area contributed by atoms with Crippen molar-refractivity contribution in [3.05, 3.63) is 89.0 Å². The smallest absolute Gasteiger partial charge is 0.327 e. The topological polar surface area (TPSA) is 74.6 Å². The van der Waals surface area contributed by atoms with Gasteiger partial charge in [-0.05, 0) is 68.1 Å². The van der Waals surface area contributed by atoms with Crippen LogP contribution in [0.3, 0.4) is 0 Å². The van der Waals surface area contributed by atoms with E-state index in [1.54, 1.807) is 17.2 Å². The van der Waals surface area contributed by atoms with Gasteiger partial charge in [0, 0.05) is 23.4 Å². The second-order valence-electron chi connectivity index (χ2n) is 8.35. The highest BCUT2D eigenvalue weighted by atomic mass is 16.3. The van der Waals surface area contributed by atoms with Crippen LogP contribution in [0.25, 0.3) is 0 Å². The van der Waals surface area contributed by atoms with E-state index in [0.717, 1.165) is 41.0 Å². The predicted octanol–water partition coefficient (Wildman–Crippen LogP) is 6.11. The van der Waals surface area contributed by atoms with E-state index < -0.39 is 6.04 Å². The Morgan fingerprint density at radius 2 is 1.94 bits per heavy atom. The summed E-state index contributed by atoms with van der Waals surface area (Å²) in [6.45, 7) is 3.95. The van der Waals surface area contributed by atoms with Crippen LogP contribution in [0.15, 0.2) is 76.5 Å². The number of furan rings is 1. The lowest BCUT2D eigenvalue weighted by Crippen LogP contribution is -2.40. The molecule has 0 saturated heterocycles. The number of hydrogen-bond acceptors (Lipinski definition) is 4. The van der Waals surface area contributed by atoms with Crippen molar-refractivity contribution in [3.63, 3.8) is 0 Å². The van der Waals surface area contributed by atoms with E-state index in [1.165, 1.54) is 0 Å². The number of aryl methyl sites for hydroxylation is 2. The zero-order valence-electron chi connectivity index (χ0n) is 18.1. The number of carbonyl (C=O) groups excluding carboxylic acids is 2. The van der Waals surface area contributed by atoms with Crippen LogP contribution in [0.4, 0.5) is 21.9 Å². The minimum atomic E-state index is -0.658. The number of carbonyl (C=O) groups is 2. The van der Waals surface area contributed by atoms with Crippen molar-refractivity contribution in [2.45, 2.75) is 39.2 Å². The molecule has 32 heavy (non-hydrogen) atoms. The maximum absolute atomic E-state index is 13.8. The molecule has 2 heterocycles. The Kier molecular flexibility index (Phi) is 5.05. The van der Waals surface area contributed by atoms with Gasteiger partial charge in [-0.3, -0.25) is 9.69 Å². The summed E-state index contributed by atoms with van der Waals surface area (Å²) >= 11 is 0. The Bertz CT molecular complexity index is 1230. The lowest BCUT2D eigenvalue weighted by molar-refractivity contribution is -0.116. The van der Waals surface area contributed by atoms with Crippen LogP contribution in [0.1, 0.15) is 42.2 Å². The van der Waals surface area contributed by atoms with Crippen molar-refractivity contribution in [1.29, 1.82) is 0 Å². The average Bonchev–Trinajstić information content (AvgIpc) is 3.25. The first-order chi connectivity index (χ1) is 15.5. The van der Waals surface area contributed by atoms with Gasteiger partial charge in [-0.25, -0.2) is 4.79 Å². The van der Waals surface area contributed by atoms with Gasteiger partial charge in [0.25, 0.3) is 0 Å². The van der Waals surface area contributed by atoms with Gasteiger partial charge in [0.05, 0.1) is 17.6 Å². The maximum Gasteiger partial charge on any atom is 0.327 e. The van der Waals surface area contributed by atoms with Crippen molar-refractivity contribution in [2.75, 3.05) is 15.5 Å². The third-order valence-electron chi connectivity index (χ3n) is 6.10. The minimum absolute atomic E-state index is 0.0393. The molecule has 2 amide bonds. The first-order valence-electron chi connectivity index (χ1n) is 10.9. The lowest BCUT2D eigenvalue weighted by atomic mass is 9.88. The van der Waals surface area contributed by atoms with Crippen LogP contribution >= 0.6 is 0 Å². The van der Waals surface area contributed by atoms with Crippen molar-refractivity contribution in [1.82, 2.24) is 0 Å². The van der Waals surface area contributed by atoms with Crippen LogP contribution in [0.2, 0.25) is 0 Å². The van der Waals surface area contributed by atoms with Gasteiger partial charge >= 0.3 is 6.03 Å². The maximum atomic E-state index is 13.8. The van der Waals surface area contributed by atoms with E-state index in [-0.39, 0.29) is 11.8 Å². The molecule has 162 valence electrons. The summed E-state index contributed by atoms with van der Waals surface area (Å²) in [6.07, 6.45) is 3.57. The fourth-order valence-corrected chi connectivity index (χ4v) is 4.52. The molecule has 6 heteroatoms. The molecule has 0 spiro atoms. The van der Waals surface area contributed by atoms with Gasteiger partial charge in [-0.2, -0.15) is 0 Å². The van der Waals surface area contributed by atoms with Crippen molar-refractivity contribution >= 4 is 28.9 Å². The van der Waals surface area contributed by atoms with Crippen LogP contribution in [0.5, 0.6) is 0 Å². The Hall–Kier alpha value is -3.80. The summed E-state index contributed by atoms with van der Waals surface area (Å²) in [4.78, 5) is 28.7. The highest BCUT2D eigenvalue weighted by Crippen LogP contribution is 2.45. The number of nitrogens with one attached hydrogen (secondary N) is 2. The number of amides is 2. The van der Waals surface area contributed by atoms with E-state index in [2.05, 4.69) is 10.6 Å². The van der Waals surface area contributed by atoms with E-state index in [1.807, 2.05) is 62.4 Å². The number of Topliss-reactive ketones (excluding diaryl/α,β-unsaturated/α-hetero) is 1. The Morgan fingerprint density at radius 1 is 1.09 bits per heavy atom. The number of allylic oxidation sites excluding steroid dienone is 1. The molecule has 0 saturated carbocycles. The van der Waals surface area contributed by atoms with Gasteiger partial charge in [-0.15, -0.1) is 0 Å². The van der Waals surface area contributed by atoms with Gasteiger partial charge in [0.15, 0.2) is 5.78 Å². The highest BCUT2D eigenvalue weighted by molar-refractivity contribution is 6.09. The number of rotatable bonds is 2. The minimum Gasteiger partial charge on any atom is -0.467 e. The molecule has 2 aliphatic rings. The molecule has 0 fully saturated rings. The number of benzene rings is 2. The fraction of sp³-hybridized carbons (Fsp3) is 0.231. The number of anilines is 3. The second kappa shape index (κ2) is 8.04. The zero-order chi connectivity index (χ0) is 22.2. The van der Waals surface area contributed by atoms with E-state index >= 15 is 0 Å². The van der Waals surface area contributed by atoms with Crippen molar-refractivity contribution in [3.8, 4) is 0 Å². The van der Waals surface area contributed by atoms with Gasteiger partial charge < -0.3 is 15.1 Å². The van der Waals surface area contributed by atoms with Crippen molar-refractivity contribution in [2.24, 2.45) is 0 Å². The van der Waals surface area contributed by atoms with Crippen LogP contribution in [-0.2, 0) is 4.79 Å². The van der Waals surface area contributed by atoms with Gasteiger partial charge in [0.2, 0.25) is 0 Å². The highest BCUT2D eigenvalue weighted by Gasteiger charge is 2.41. The monoisotopic (exact) mass is 427 g/mol. The molecule has 0 bridgehead atoms. The number of hydrogen-bond donors (Lipinski definition) is 2. The molecule has 0 radical (unpaired) electrons. The third-order valence-corrected chi connectivity index (χ3v) is 6.10. The van der Waals surface area contributed by atoms with Gasteiger partial charge in [-0.1, -0.05) is 24.3 Å². The molecule has 6 nitrogen and oxygen atoms in total. The molecule has 2 N–H and O–H groups in total. The second-order valence-corrected chi connectivity index (χ2v) is 8.35. The first kappa shape index (κ1) is 20.1. The summed E-state index contributed by atoms with van der Waals surface area (Å²) in [6, 6.07) is 16.2. The lowest BCUT2D eigenvalue weighted by Gasteiger charge is -2.32. The molecule has 2 aromatic carbocycles. The third kappa shape index (κ3) is 3.47. The van der Waals surface area contributed by atoms with E-state index in [4.69, 9.17) is 4.42 Å². The number of urea groups is 1. The number of fused-ring (bicyclic) bond motifs is 1. The SMILES string of the molecule is Cc1ccc(C)c(NC(=O)N2c3ccccc3NC3=C(C(=O)CCC3)C2c2ccco2)c1. The standard InChI is InChI=1S/C26H25N3O3/c1-16-12-13-17(2)20(15-16)28-26(31)29-21-9-4-3-7-18(21)27-19-8-5-10-22(30)24(19)25(29)23-11-6-14-32-23/h3-4,6-7,9,11-15,25,27H,5,8,10H2,1-2H3,(H,28,31). The molecule has 5 rings (SSSR count). The van der Waals surface area contributed by atoms with Crippen LogP contribution in [0, 0.1) is 13.8 Å². The number of nitrogens with zero attached hydrogens (tertiary/aromatic N) is 1. The molecule has 1 unspecified atom stereocenters. The fourth-order valence-electron chi connectivity index (χ4n) is 4.52. The predicted molar refractivity (Wildman–Crippen MR) is 125 cm³/mol. The quantitative estimate of drug-likeness (QED) is 0.517. The van der Waals surface area contributed by atoms with E-state index in [9.17, 15) is 9.59 Å². The van der Waals surface area contributed by atoms with Crippen molar-refractivity contribution < 1.29 is 14.0 Å². The summed E-state index contributed by atoms with van der Waals surface area (Å²) in [5, 5.41) is 6.52. The van der Waals surface area contributed by atoms with Crippen LogP contribution < -0.4 is 15.5 Å². The largest absolute Gasteiger partial charge is 0.467 e. The Morgan fingerprint density at radius 3 is 2.75 bits per heavy atom. The van der Waals surface area contributed by atoms with E-state index in [0.29, 0.717) is 23.4 Å². The molecule has 3 aromatic rings. The summed E-state index contributed by atoms with van der Waals surface area (Å²) in [7, 11) is 0. The molecule has 1 atom stereocenters. The molecule has 1 aliphatic heterocycles. The number of ketones is 1. The van der Waals surface area contributed by atoms with Gasteiger partial charge in [0.1, 0.15) is 11.8 Å².